The second kappa shape index (κ2) is 9.53. The molecule has 0 bridgehead atoms. The van der Waals surface area contributed by atoms with Crippen molar-refractivity contribution < 1.29 is 23.5 Å². The highest BCUT2D eigenvalue weighted by Crippen LogP contribution is 2.19. The summed E-state index contributed by atoms with van der Waals surface area (Å²) in [5, 5.41) is 5.68. The molecule has 1 atom stereocenters. The third-order valence-corrected chi connectivity index (χ3v) is 4.27. The summed E-state index contributed by atoms with van der Waals surface area (Å²) in [5.74, 6) is -2.21. The molecule has 0 spiro atoms. The van der Waals surface area contributed by atoms with Gasteiger partial charge in [-0.15, -0.1) is 0 Å². The Labute approximate surface area is 171 Å². The van der Waals surface area contributed by atoms with Crippen LogP contribution in [0.15, 0.2) is 33.5 Å². The topological polar surface area (TPSA) is 141 Å². The summed E-state index contributed by atoms with van der Waals surface area (Å²) in [6.45, 7) is 3.74. The van der Waals surface area contributed by atoms with Crippen LogP contribution in [-0.4, -0.2) is 36.6 Å². The zero-order chi connectivity index (χ0) is 21.6. The summed E-state index contributed by atoms with van der Waals surface area (Å²) in [6, 6.07) is 5.85. The van der Waals surface area contributed by atoms with E-state index in [9.17, 15) is 19.2 Å². The number of fused-ring (bicyclic) bond motifs is 1. The van der Waals surface area contributed by atoms with Crippen LogP contribution in [0.25, 0.3) is 11.0 Å². The smallest absolute Gasteiger partial charge is 0.349 e. The van der Waals surface area contributed by atoms with Crippen molar-refractivity contribution in [3.63, 3.8) is 0 Å². The van der Waals surface area contributed by atoms with Crippen LogP contribution < -0.4 is 22.0 Å². The molecule has 1 aromatic carbocycles. The molecule has 0 saturated heterocycles. The Kier molecular flexibility index (Phi) is 7.35. The first kappa shape index (κ1) is 22.4. The molecular weight excluding hydrogens is 402 g/mol. The molecule has 1 aromatic heterocycles. The van der Waals surface area contributed by atoms with E-state index in [0.717, 1.165) is 0 Å². The van der Waals surface area contributed by atoms with E-state index in [4.69, 9.17) is 26.5 Å². The lowest BCUT2D eigenvalue weighted by Crippen LogP contribution is -2.62. The average Bonchev–Trinajstić information content (AvgIpc) is 2.66. The second-order valence-electron chi connectivity index (χ2n) is 6.23. The van der Waals surface area contributed by atoms with Gasteiger partial charge in [-0.1, -0.05) is 11.6 Å². The predicted octanol–water partition coefficient (Wildman–Crippen LogP) is 1.31. The van der Waals surface area contributed by atoms with Crippen molar-refractivity contribution in [1.82, 2.24) is 10.6 Å². The first-order valence-electron chi connectivity index (χ1n) is 8.99. The molecule has 1 heterocycles. The third-order valence-electron chi connectivity index (χ3n) is 4.04. The fourth-order valence-electron chi connectivity index (χ4n) is 2.59. The predicted molar refractivity (Wildman–Crippen MR) is 106 cm³/mol. The first-order valence-corrected chi connectivity index (χ1v) is 9.36. The number of halogens is 1. The number of rotatable bonds is 8. The van der Waals surface area contributed by atoms with Crippen molar-refractivity contribution in [3.8, 4) is 0 Å². The maximum Gasteiger partial charge on any atom is 0.349 e. The van der Waals surface area contributed by atoms with Gasteiger partial charge in [0.15, 0.2) is 5.66 Å². The molecule has 156 valence electrons. The normalized spacial score (nSPS) is 12.8. The highest BCUT2D eigenvalue weighted by Gasteiger charge is 2.38. The Morgan fingerprint density at radius 2 is 1.97 bits per heavy atom. The Hall–Kier alpha value is -2.91. The lowest BCUT2D eigenvalue weighted by Gasteiger charge is -2.27. The van der Waals surface area contributed by atoms with E-state index in [0.29, 0.717) is 17.0 Å². The first-order chi connectivity index (χ1) is 13.7. The molecule has 2 rings (SSSR count). The van der Waals surface area contributed by atoms with E-state index in [1.807, 2.05) is 0 Å². The number of amides is 2. The van der Waals surface area contributed by atoms with Crippen molar-refractivity contribution in [2.45, 2.75) is 32.4 Å². The van der Waals surface area contributed by atoms with E-state index in [1.54, 1.807) is 19.9 Å². The number of esters is 1. The number of carbonyl (C=O) groups is 3. The third kappa shape index (κ3) is 5.55. The zero-order valence-electron chi connectivity index (χ0n) is 16.0. The average molecular weight is 424 g/mol. The van der Waals surface area contributed by atoms with Gasteiger partial charge in [-0.3, -0.25) is 15.3 Å². The van der Waals surface area contributed by atoms with Gasteiger partial charge in [0.2, 0.25) is 5.91 Å². The number of carbonyl (C=O) groups excluding carboxylic acids is 3. The summed E-state index contributed by atoms with van der Waals surface area (Å²) in [4.78, 5) is 49.0. The zero-order valence-corrected chi connectivity index (χ0v) is 16.8. The molecule has 0 aliphatic heterocycles. The minimum atomic E-state index is -2.01. The molecule has 9 nitrogen and oxygen atoms in total. The van der Waals surface area contributed by atoms with Gasteiger partial charge in [0, 0.05) is 29.8 Å². The monoisotopic (exact) mass is 423 g/mol. The van der Waals surface area contributed by atoms with Gasteiger partial charge in [0.05, 0.1) is 6.61 Å². The molecule has 0 saturated carbocycles. The lowest BCUT2D eigenvalue weighted by atomic mass is 10.0. The number of hydrogen-bond donors (Lipinski definition) is 3. The van der Waals surface area contributed by atoms with Crippen molar-refractivity contribution in [2.75, 3.05) is 13.2 Å². The molecule has 2 aromatic rings. The molecule has 4 N–H and O–H groups in total. The van der Waals surface area contributed by atoms with Crippen LogP contribution in [0.5, 0.6) is 0 Å². The van der Waals surface area contributed by atoms with Crippen LogP contribution in [0.4, 0.5) is 0 Å². The lowest BCUT2D eigenvalue weighted by molar-refractivity contribution is -0.151. The summed E-state index contributed by atoms with van der Waals surface area (Å²) in [6.07, 6.45) is -0.362. The maximum atomic E-state index is 12.7. The minimum Gasteiger partial charge on any atom is -0.463 e. The van der Waals surface area contributed by atoms with Crippen LogP contribution >= 0.6 is 11.6 Å². The van der Waals surface area contributed by atoms with E-state index in [1.165, 1.54) is 18.2 Å². The Morgan fingerprint density at radius 3 is 2.62 bits per heavy atom. The number of ether oxygens (including phenoxy) is 1. The molecule has 0 aliphatic carbocycles. The van der Waals surface area contributed by atoms with Gasteiger partial charge in [-0.05, 0) is 38.1 Å². The maximum absolute atomic E-state index is 12.7. The quantitative estimate of drug-likeness (QED) is 0.330. The van der Waals surface area contributed by atoms with Crippen LogP contribution in [0.1, 0.15) is 37.0 Å². The molecule has 0 aliphatic rings. The Balaban J connectivity index is 2.32. The number of nitrogens with one attached hydrogen (secondary N) is 2. The van der Waals surface area contributed by atoms with Crippen molar-refractivity contribution in [1.29, 1.82) is 0 Å². The number of benzene rings is 1. The van der Waals surface area contributed by atoms with Crippen molar-refractivity contribution >= 4 is 40.4 Å². The summed E-state index contributed by atoms with van der Waals surface area (Å²) in [7, 11) is 0. The fraction of sp³-hybridized carbons (Fsp3) is 0.368. The van der Waals surface area contributed by atoms with Crippen LogP contribution in [0, 0.1) is 0 Å². The van der Waals surface area contributed by atoms with Gasteiger partial charge in [-0.25, -0.2) is 9.59 Å². The molecule has 2 amide bonds. The van der Waals surface area contributed by atoms with Gasteiger partial charge in [0.25, 0.3) is 5.91 Å². The van der Waals surface area contributed by atoms with Gasteiger partial charge < -0.3 is 19.8 Å². The van der Waals surface area contributed by atoms with Gasteiger partial charge in [-0.2, -0.15) is 0 Å². The molecule has 0 unspecified atom stereocenters. The highest BCUT2D eigenvalue weighted by atomic mass is 35.5. The van der Waals surface area contributed by atoms with Crippen LogP contribution in [-0.2, 0) is 14.3 Å². The highest BCUT2D eigenvalue weighted by molar-refractivity contribution is 6.31. The van der Waals surface area contributed by atoms with Gasteiger partial charge >= 0.3 is 11.6 Å². The molecule has 10 heteroatoms. The van der Waals surface area contributed by atoms with E-state index in [2.05, 4.69) is 10.6 Å². The standard InChI is InChI=1S/C19H22ClN3O6/c1-3-22-15(24)7-8-19(21,18(27)28-4-2)23-16(25)13-10-11-9-12(20)5-6-14(11)29-17(13)26/h5-6,9-10H,3-4,7-8,21H2,1-2H3,(H,22,24)(H,23,25)/t19-/m1/s1. The second-order valence-corrected chi connectivity index (χ2v) is 6.67. The molecule has 0 fully saturated rings. The van der Waals surface area contributed by atoms with E-state index < -0.39 is 23.2 Å². The Bertz CT molecular complexity index is 990. The Morgan fingerprint density at radius 1 is 1.24 bits per heavy atom. The largest absolute Gasteiger partial charge is 0.463 e. The number of hydrogen-bond acceptors (Lipinski definition) is 7. The molecule has 29 heavy (non-hydrogen) atoms. The van der Waals surface area contributed by atoms with E-state index in [-0.39, 0.29) is 36.5 Å². The van der Waals surface area contributed by atoms with Gasteiger partial charge in [0.1, 0.15) is 11.1 Å². The summed E-state index contributed by atoms with van der Waals surface area (Å²) in [5.41, 5.74) is 3.02. The van der Waals surface area contributed by atoms with Crippen molar-refractivity contribution in [3.05, 3.63) is 45.3 Å². The SMILES string of the molecule is CCNC(=O)CC[C@@](N)(NC(=O)c1cc2cc(Cl)ccc2oc1=O)C(=O)OCC. The van der Waals surface area contributed by atoms with Crippen molar-refractivity contribution in [2.24, 2.45) is 5.73 Å². The fourth-order valence-corrected chi connectivity index (χ4v) is 2.77. The van der Waals surface area contributed by atoms with Crippen LogP contribution in [0.2, 0.25) is 5.02 Å². The summed E-state index contributed by atoms with van der Waals surface area (Å²) >= 11 is 5.93. The van der Waals surface area contributed by atoms with E-state index >= 15 is 0 Å². The molecular formula is C19H22ClN3O6. The summed E-state index contributed by atoms with van der Waals surface area (Å²) < 4.78 is 10.0. The van der Waals surface area contributed by atoms with Crippen LogP contribution in [0.3, 0.4) is 0 Å². The minimum absolute atomic E-state index is 0.0193. The number of nitrogens with two attached hydrogens (primary N) is 1. The molecule has 0 radical (unpaired) electrons.